The summed E-state index contributed by atoms with van der Waals surface area (Å²) >= 11 is 0. The number of nitrogens with zero attached hydrogens (tertiary/aromatic N) is 1. The van der Waals surface area contributed by atoms with E-state index in [0.717, 1.165) is 17.8 Å². The number of unbranched alkanes of at least 4 members (excludes halogenated alkanes) is 2. The molecular weight excluding hydrogens is 607 g/mol. The van der Waals surface area contributed by atoms with Gasteiger partial charge in [0.25, 0.3) is 0 Å². The molecule has 0 saturated heterocycles. The average molecular weight is 652 g/mol. The van der Waals surface area contributed by atoms with E-state index < -0.39 is 8.07 Å². The van der Waals surface area contributed by atoms with Crippen LogP contribution in [-0.4, -0.2) is 19.9 Å². The first-order valence-electron chi connectivity index (χ1n) is 18.2. The fraction of sp³-hybridized carbons (Fsp3) is 0.244. The number of fused-ring (bicyclic) bond motifs is 3. The maximum atomic E-state index is 3.85. The van der Waals surface area contributed by atoms with Crippen LogP contribution in [0.25, 0.3) is 49.4 Å². The predicted octanol–water partition coefficient (Wildman–Crippen LogP) is 10.2. The zero-order chi connectivity index (χ0) is 33.7. The second kappa shape index (κ2) is 11.0. The molecule has 1 N–H and O–H groups in total. The summed E-state index contributed by atoms with van der Waals surface area (Å²) in [5.41, 5.74) is 15.8. The van der Waals surface area contributed by atoms with E-state index in [-0.39, 0.29) is 5.41 Å². The Labute approximate surface area is 292 Å². The normalized spacial score (nSPS) is 14.2. The first-order chi connectivity index (χ1) is 23.7. The molecule has 1 radical (unpaired) electrons. The smallest absolute Gasteiger partial charge is 0.197 e. The van der Waals surface area contributed by atoms with Gasteiger partial charge in [0.1, 0.15) is 0 Å². The highest BCUT2D eigenvalue weighted by atomic mass is 28.3. The van der Waals surface area contributed by atoms with E-state index in [0.29, 0.717) is 0 Å². The van der Waals surface area contributed by atoms with E-state index in [1.165, 1.54) is 101 Å². The van der Waals surface area contributed by atoms with Gasteiger partial charge in [-0.1, -0.05) is 138 Å². The SMILES string of the molecule is CCCCCc1ccc(Nc2ccccc2-c2cc([Si](C)(C)C)c3c4c5ccccc5cc5c4n4c3c2[B]c2cccc(c2-4)C5(C)C)cc1. The monoisotopic (exact) mass is 651 g/mol. The van der Waals surface area contributed by atoms with Crippen LogP contribution in [-0.2, 0) is 11.8 Å². The minimum atomic E-state index is -1.85. The number of hydrogen-bond donors (Lipinski definition) is 1. The van der Waals surface area contributed by atoms with Crippen molar-refractivity contribution in [1.82, 2.24) is 4.57 Å². The minimum absolute atomic E-state index is 0.117. The van der Waals surface area contributed by atoms with Crippen LogP contribution in [0, 0.1) is 0 Å². The van der Waals surface area contributed by atoms with E-state index in [2.05, 4.69) is 161 Å². The molecule has 0 bridgehead atoms. The van der Waals surface area contributed by atoms with Crippen LogP contribution in [0.2, 0.25) is 19.6 Å². The molecule has 241 valence electrons. The van der Waals surface area contributed by atoms with Crippen LogP contribution in [0.15, 0.2) is 103 Å². The van der Waals surface area contributed by atoms with Gasteiger partial charge < -0.3 is 9.88 Å². The van der Waals surface area contributed by atoms with Crippen LogP contribution in [0.5, 0.6) is 0 Å². The summed E-state index contributed by atoms with van der Waals surface area (Å²) in [4.78, 5) is 0. The summed E-state index contributed by atoms with van der Waals surface area (Å²) in [5.74, 6) is 0. The average Bonchev–Trinajstić information content (AvgIpc) is 3.45. The number of nitrogens with one attached hydrogen (secondary N) is 1. The first-order valence-corrected chi connectivity index (χ1v) is 21.7. The maximum Gasteiger partial charge on any atom is 0.197 e. The number of benzene rings is 6. The highest BCUT2D eigenvalue weighted by Crippen LogP contribution is 2.50. The summed E-state index contributed by atoms with van der Waals surface area (Å²) in [6.07, 6.45) is 4.94. The third-order valence-electron chi connectivity index (χ3n) is 11.3. The molecule has 2 nitrogen and oxygen atoms in total. The van der Waals surface area contributed by atoms with Crippen LogP contribution in [0.3, 0.4) is 0 Å². The molecule has 0 spiro atoms. The highest BCUT2D eigenvalue weighted by Gasteiger charge is 2.41. The molecule has 0 saturated carbocycles. The van der Waals surface area contributed by atoms with Gasteiger partial charge in [0, 0.05) is 44.3 Å². The Hall–Kier alpha value is -4.54. The molecule has 0 amide bonds. The summed E-state index contributed by atoms with van der Waals surface area (Å²) in [5, 5.41) is 11.0. The molecule has 1 aromatic heterocycles. The zero-order valence-electron chi connectivity index (χ0n) is 29.7. The van der Waals surface area contributed by atoms with Crippen molar-refractivity contribution in [3.8, 4) is 16.8 Å². The van der Waals surface area contributed by atoms with E-state index in [1.807, 2.05) is 0 Å². The van der Waals surface area contributed by atoms with Gasteiger partial charge in [0.05, 0.1) is 13.6 Å². The van der Waals surface area contributed by atoms with Crippen molar-refractivity contribution in [3.05, 3.63) is 120 Å². The molecule has 49 heavy (non-hydrogen) atoms. The second-order valence-electron chi connectivity index (χ2n) is 15.9. The number of rotatable bonds is 8. The Balaban J connectivity index is 1.34. The van der Waals surface area contributed by atoms with Crippen molar-refractivity contribution < 1.29 is 0 Å². The Morgan fingerprint density at radius 1 is 0.735 bits per heavy atom. The van der Waals surface area contributed by atoms with Crippen LogP contribution < -0.4 is 21.4 Å². The van der Waals surface area contributed by atoms with Crippen molar-refractivity contribution >= 4 is 75.4 Å². The van der Waals surface area contributed by atoms with Gasteiger partial charge in [-0.25, -0.2) is 0 Å². The lowest BCUT2D eigenvalue weighted by Gasteiger charge is -2.38. The third-order valence-corrected chi connectivity index (χ3v) is 13.3. The maximum absolute atomic E-state index is 3.85. The van der Waals surface area contributed by atoms with Gasteiger partial charge in [-0.15, -0.1) is 0 Å². The Kier molecular flexibility index (Phi) is 6.84. The first kappa shape index (κ1) is 30.5. The summed E-state index contributed by atoms with van der Waals surface area (Å²) in [6, 6.07) is 39.1. The summed E-state index contributed by atoms with van der Waals surface area (Å²) in [6.45, 7) is 14.7. The molecule has 3 heterocycles. The standard InChI is InChI=1S/C45H44BN2Si/c1-7-8-9-15-28-22-24-30(25-23-28)47-37-21-13-12-18-32(37)33-27-38(49(4,5)6)40-39-31-17-11-10-16-29(31)26-35-43(39)48-42-34(45(35,2)3)19-14-20-36(42)46-41(33)44(40)48/h10-14,16-27,47H,7-9,15H2,1-6H3. The third kappa shape index (κ3) is 4.53. The molecule has 7 aromatic rings. The molecule has 2 aliphatic rings. The van der Waals surface area contributed by atoms with Crippen LogP contribution in [0.1, 0.15) is 56.7 Å². The second-order valence-corrected chi connectivity index (χ2v) is 20.9. The van der Waals surface area contributed by atoms with Crippen LogP contribution >= 0.6 is 0 Å². The fourth-order valence-corrected chi connectivity index (χ4v) is 10.4. The molecular formula is C45H44BN2Si. The molecule has 4 heteroatoms. The summed E-state index contributed by atoms with van der Waals surface area (Å²) < 4.78 is 2.68. The molecule has 2 aliphatic heterocycles. The van der Waals surface area contributed by atoms with Crippen molar-refractivity contribution in [3.63, 3.8) is 0 Å². The Morgan fingerprint density at radius 2 is 1.51 bits per heavy atom. The van der Waals surface area contributed by atoms with Gasteiger partial charge in [-0.05, 0) is 80.8 Å². The molecule has 6 aromatic carbocycles. The zero-order valence-corrected chi connectivity index (χ0v) is 30.7. The largest absolute Gasteiger partial charge is 0.355 e. The van der Waals surface area contributed by atoms with Crippen molar-refractivity contribution in [2.75, 3.05) is 5.32 Å². The minimum Gasteiger partial charge on any atom is -0.355 e. The van der Waals surface area contributed by atoms with E-state index in [4.69, 9.17) is 0 Å². The van der Waals surface area contributed by atoms with Crippen LogP contribution in [0.4, 0.5) is 11.4 Å². The lowest BCUT2D eigenvalue weighted by Crippen LogP contribution is -2.44. The number of aromatic nitrogens is 1. The number of anilines is 2. The topological polar surface area (TPSA) is 17.0 Å². The fourth-order valence-electron chi connectivity index (χ4n) is 8.81. The Bertz CT molecular complexity index is 2460. The molecule has 9 rings (SSSR count). The van der Waals surface area contributed by atoms with Crippen molar-refractivity contribution in [2.24, 2.45) is 0 Å². The quantitative estimate of drug-likeness (QED) is 0.128. The molecule has 0 unspecified atom stereocenters. The van der Waals surface area contributed by atoms with E-state index >= 15 is 0 Å². The molecule has 0 fully saturated rings. The van der Waals surface area contributed by atoms with Crippen molar-refractivity contribution in [2.45, 2.75) is 71.5 Å². The lowest BCUT2D eigenvalue weighted by molar-refractivity contribution is 0.632. The number of hydrogen-bond acceptors (Lipinski definition) is 1. The van der Waals surface area contributed by atoms with Gasteiger partial charge in [0.2, 0.25) is 0 Å². The lowest BCUT2D eigenvalue weighted by atomic mass is 9.57. The molecule has 0 aliphatic carbocycles. The van der Waals surface area contributed by atoms with Gasteiger partial charge >= 0.3 is 0 Å². The highest BCUT2D eigenvalue weighted by molar-refractivity contribution is 6.91. The van der Waals surface area contributed by atoms with Gasteiger partial charge in [-0.2, -0.15) is 0 Å². The van der Waals surface area contributed by atoms with Gasteiger partial charge in [-0.3, -0.25) is 0 Å². The molecule has 0 atom stereocenters. The predicted molar refractivity (Wildman–Crippen MR) is 217 cm³/mol. The number of aryl methyl sites for hydroxylation is 1. The van der Waals surface area contributed by atoms with Crippen molar-refractivity contribution in [1.29, 1.82) is 0 Å². The van der Waals surface area contributed by atoms with E-state index in [9.17, 15) is 0 Å². The van der Waals surface area contributed by atoms with Gasteiger partial charge in [0.15, 0.2) is 7.28 Å². The summed E-state index contributed by atoms with van der Waals surface area (Å²) in [7, 11) is 0.642. The Morgan fingerprint density at radius 3 is 2.31 bits per heavy atom. The number of para-hydroxylation sites is 2. The van der Waals surface area contributed by atoms with E-state index in [1.54, 1.807) is 0 Å².